The first-order chi connectivity index (χ1) is 9.11. The zero-order valence-corrected chi connectivity index (χ0v) is 10.9. The van der Waals surface area contributed by atoms with Crippen LogP contribution in [0.2, 0.25) is 0 Å². The molecule has 0 saturated carbocycles. The van der Waals surface area contributed by atoms with Gasteiger partial charge in [0, 0.05) is 25.7 Å². The SMILES string of the molecule is O=C(O)C(CO)NC(=O)N1CCCN2CCCC2C1. The third-order valence-corrected chi connectivity index (χ3v) is 3.87. The molecule has 108 valence electrons. The van der Waals surface area contributed by atoms with E-state index in [4.69, 9.17) is 10.2 Å². The molecule has 2 amide bonds. The van der Waals surface area contributed by atoms with Crippen molar-refractivity contribution in [1.82, 2.24) is 15.1 Å². The van der Waals surface area contributed by atoms with Crippen LogP contribution in [0.15, 0.2) is 0 Å². The Morgan fingerprint density at radius 3 is 2.68 bits per heavy atom. The summed E-state index contributed by atoms with van der Waals surface area (Å²) in [5, 5.41) is 20.1. The Morgan fingerprint density at radius 2 is 2.00 bits per heavy atom. The minimum Gasteiger partial charge on any atom is -0.480 e. The van der Waals surface area contributed by atoms with Crippen LogP contribution in [0.5, 0.6) is 0 Å². The van der Waals surface area contributed by atoms with E-state index in [9.17, 15) is 9.59 Å². The third-order valence-electron chi connectivity index (χ3n) is 3.87. The van der Waals surface area contributed by atoms with E-state index in [1.165, 1.54) is 0 Å². The fourth-order valence-electron chi connectivity index (χ4n) is 2.82. The summed E-state index contributed by atoms with van der Waals surface area (Å²) in [6.45, 7) is 2.77. The number of aliphatic hydroxyl groups is 1. The first-order valence-corrected chi connectivity index (χ1v) is 6.75. The number of nitrogens with one attached hydrogen (secondary N) is 1. The third kappa shape index (κ3) is 3.36. The van der Waals surface area contributed by atoms with Gasteiger partial charge in [-0.25, -0.2) is 9.59 Å². The van der Waals surface area contributed by atoms with Crippen molar-refractivity contribution in [2.24, 2.45) is 0 Å². The molecule has 7 heteroatoms. The van der Waals surface area contributed by atoms with Crippen LogP contribution < -0.4 is 5.32 Å². The summed E-state index contributed by atoms with van der Waals surface area (Å²) in [5.74, 6) is -1.21. The summed E-state index contributed by atoms with van der Waals surface area (Å²) in [7, 11) is 0. The van der Waals surface area contributed by atoms with Crippen molar-refractivity contribution in [3.8, 4) is 0 Å². The van der Waals surface area contributed by atoms with Crippen LogP contribution in [0.4, 0.5) is 4.79 Å². The van der Waals surface area contributed by atoms with E-state index in [1.807, 2.05) is 0 Å². The van der Waals surface area contributed by atoms with Gasteiger partial charge in [0.15, 0.2) is 6.04 Å². The van der Waals surface area contributed by atoms with Gasteiger partial charge in [-0.2, -0.15) is 0 Å². The number of fused-ring (bicyclic) bond motifs is 1. The van der Waals surface area contributed by atoms with Gasteiger partial charge in [-0.15, -0.1) is 0 Å². The lowest BCUT2D eigenvalue weighted by Gasteiger charge is -2.26. The molecule has 0 aromatic carbocycles. The molecule has 0 spiro atoms. The number of carboxylic acid groups (broad SMARTS) is 1. The average Bonchev–Trinajstić information content (AvgIpc) is 2.72. The second-order valence-corrected chi connectivity index (χ2v) is 5.15. The molecule has 2 aliphatic heterocycles. The highest BCUT2D eigenvalue weighted by molar-refractivity contribution is 5.82. The highest BCUT2D eigenvalue weighted by Gasteiger charge is 2.31. The minimum atomic E-state index is -1.23. The Kier molecular flexibility index (Phi) is 4.60. The van der Waals surface area contributed by atoms with Crippen molar-refractivity contribution in [3.63, 3.8) is 0 Å². The predicted molar refractivity (Wildman–Crippen MR) is 67.8 cm³/mol. The van der Waals surface area contributed by atoms with Crippen LogP contribution in [0.3, 0.4) is 0 Å². The van der Waals surface area contributed by atoms with Gasteiger partial charge in [0.25, 0.3) is 0 Å². The fraction of sp³-hybridized carbons (Fsp3) is 0.833. The standard InChI is InChI=1S/C12H21N3O4/c16-8-10(11(17)18)13-12(19)15-6-2-5-14-4-1-3-9(14)7-15/h9-10,16H,1-8H2,(H,13,19)(H,17,18). The van der Waals surface area contributed by atoms with Crippen molar-refractivity contribution < 1.29 is 19.8 Å². The molecule has 19 heavy (non-hydrogen) atoms. The number of rotatable bonds is 3. The van der Waals surface area contributed by atoms with Gasteiger partial charge in [-0.05, 0) is 25.8 Å². The number of hydrogen-bond acceptors (Lipinski definition) is 4. The van der Waals surface area contributed by atoms with Gasteiger partial charge in [0.1, 0.15) is 0 Å². The number of nitrogens with zero attached hydrogens (tertiary/aromatic N) is 2. The highest BCUT2D eigenvalue weighted by Crippen LogP contribution is 2.21. The average molecular weight is 271 g/mol. The summed E-state index contributed by atoms with van der Waals surface area (Å²) in [6, 6.07) is -1.23. The Morgan fingerprint density at radius 1 is 1.26 bits per heavy atom. The largest absolute Gasteiger partial charge is 0.480 e. The topological polar surface area (TPSA) is 93.1 Å². The molecule has 2 aliphatic rings. The zero-order chi connectivity index (χ0) is 13.8. The van der Waals surface area contributed by atoms with E-state index in [0.717, 1.165) is 32.4 Å². The van der Waals surface area contributed by atoms with E-state index in [2.05, 4.69) is 10.2 Å². The van der Waals surface area contributed by atoms with Crippen molar-refractivity contribution in [2.75, 3.05) is 32.8 Å². The van der Waals surface area contributed by atoms with Crippen LogP contribution >= 0.6 is 0 Å². The Labute approximate surface area is 112 Å². The molecular weight excluding hydrogens is 250 g/mol. The van der Waals surface area contributed by atoms with Gasteiger partial charge in [0.2, 0.25) is 0 Å². The Hall–Kier alpha value is -1.34. The molecule has 0 radical (unpaired) electrons. The first kappa shape index (κ1) is 14.1. The number of urea groups is 1. The van der Waals surface area contributed by atoms with E-state index < -0.39 is 24.6 Å². The van der Waals surface area contributed by atoms with E-state index in [1.54, 1.807) is 4.90 Å². The molecule has 2 rings (SSSR count). The van der Waals surface area contributed by atoms with Gasteiger partial charge in [-0.1, -0.05) is 0 Å². The van der Waals surface area contributed by atoms with Gasteiger partial charge in [-0.3, -0.25) is 4.90 Å². The molecule has 0 aliphatic carbocycles. The Bertz CT molecular complexity index is 350. The number of carbonyl (C=O) groups excluding carboxylic acids is 1. The maximum Gasteiger partial charge on any atom is 0.328 e. The fourth-order valence-corrected chi connectivity index (χ4v) is 2.82. The lowest BCUT2D eigenvalue weighted by molar-refractivity contribution is -0.140. The number of carboxylic acids is 1. The minimum absolute atomic E-state index is 0.393. The molecule has 2 heterocycles. The summed E-state index contributed by atoms with van der Waals surface area (Å²) < 4.78 is 0. The van der Waals surface area contributed by atoms with Crippen LogP contribution in [-0.4, -0.2) is 76.9 Å². The zero-order valence-electron chi connectivity index (χ0n) is 10.9. The molecule has 7 nitrogen and oxygen atoms in total. The summed E-state index contributed by atoms with van der Waals surface area (Å²) in [6.07, 6.45) is 3.15. The van der Waals surface area contributed by atoms with Crippen molar-refractivity contribution in [3.05, 3.63) is 0 Å². The van der Waals surface area contributed by atoms with Crippen LogP contribution in [0.1, 0.15) is 19.3 Å². The van der Waals surface area contributed by atoms with E-state index in [-0.39, 0.29) is 0 Å². The second-order valence-electron chi connectivity index (χ2n) is 5.15. The van der Waals surface area contributed by atoms with Crippen molar-refractivity contribution in [2.45, 2.75) is 31.3 Å². The smallest absolute Gasteiger partial charge is 0.328 e. The summed E-state index contributed by atoms with van der Waals surface area (Å²) in [5.41, 5.74) is 0. The second kappa shape index (κ2) is 6.21. The molecule has 2 unspecified atom stereocenters. The van der Waals surface area contributed by atoms with Gasteiger partial charge >= 0.3 is 12.0 Å². The molecule has 3 N–H and O–H groups in total. The maximum atomic E-state index is 12.0. The van der Waals surface area contributed by atoms with Crippen LogP contribution in [-0.2, 0) is 4.79 Å². The van der Waals surface area contributed by atoms with E-state index in [0.29, 0.717) is 19.1 Å². The number of amides is 2. The van der Waals surface area contributed by atoms with Gasteiger partial charge in [0.05, 0.1) is 6.61 Å². The quantitative estimate of drug-likeness (QED) is 0.632. The molecule has 0 aromatic rings. The molecule has 2 atom stereocenters. The molecule has 0 aromatic heterocycles. The lowest BCUT2D eigenvalue weighted by atomic mass is 10.2. The van der Waals surface area contributed by atoms with Crippen LogP contribution in [0.25, 0.3) is 0 Å². The predicted octanol–water partition coefficient (Wildman–Crippen LogP) is -0.688. The molecular formula is C12H21N3O4. The highest BCUT2D eigenvalue weighted by atomic mass is 16.4. The lowest BCUT2D eigenvalue weighted by Crippen LogP contribution is -2.51. The normalized spacial score (nSPS) is 25.5. The monoisotopic (exact) mass is 271 g/mol. The number of hydrogen-bond donors (Lipinski definition) is 3. The maximum absolute atomic E-state index is 12.0. The first-order valence-electron chi connectivity index (χ1n) is 6.75. The number of carbonyl (C=O) groups is 2. The molecule has 0 bridgehead atoms. The number of aliphatic hydroxyl groups excluding tert-OH is 1. The van der Waals surface area contributed by atoms with Crippen molar-refractivity contribution in [1.29, 1.82) is 0 Å². The summed E-state index contributed by atoms with van der Waals surface area (Å²) >= 11 is 0. The van der Waals surface area contributed by atoms with Crippen molar-refractivity contribution >= 4 is 12.0 Å². The molecule has 2 saturated heterocycles. The number of aliphatic carboxylic acids is 1. The molecule has 2 fully saturated rings. The summed E-state index contributed by atoms with van der Waals surface area (Å²) in [4.78, 5) is 26.9. The van der Waals surface area contributed by atoms with Gasteiger partial charge < -0.3 is 20.4 Å². The van der Waals surface area contributed by atoms with E-state index >= 15 is 0 Å². The van der Waals surface area contributed by atoms with Crippen LogP contribution in [0, 0.1) is 0 Å². The Balaban J connectivity index is 1.92.